The number of amides is 2. The lowest BCUT2D eigenvalue weighted by molar-refractivity contribution is 0.0476. The summed E-state index contributed by atoms with van der Waals surface area (Å²) in [6.07, 6.45) is 3.02. The Hall–Kier alpha value is -1.63. The molecule has 0 spiro atoms. The third kappa shape index (κ3) is 6.01. The van der Waals surface area contributed by atoms with Gasteiger partial charge in [0.15, 0.2) is 0 Å². The van der Waals surface area contributed by atoms with Gasteiger partial charge in [-0.3, -0.25) is 4.68 Å². The molecule has 2 amide bonds. The highest BCUT2D eigenvalue weighted by Crippen LogP contribution is 2.15. The Kier molecular flexibility index (Phi) is 5.94. The molecule has 0 aliphatic carbocycles. The van der Waals surface area contributed by atoms with Gasteiger partial charge in [0.05, 0.1) is 12.1 Å². The molecule has 0 aliphatic rings. The molecule has 114 valence electrons. The summed E-state index contributed by atoms with van der Waals surface area (Å²) in [5, 5.41) is 19.4. The summed E-state index contributed by atoms with van der Waals surface area (Å²) in [4.78, 5) is 15.6. The van der Waals surface area contributed by atoms with E-state index in [9.17, 15) is 9.90 Å². The van der Waals surface area contributed by atoms with Gasteiger partial charge in [0.25, 0.3) is 0 Å². The molecule has 1 rings (SSSR count). The first kappa shape index (κ1) is 16.4. The molecule has 0 saturated heterocycles. The van der Waals surface area contributed by atoms with Crippen molar-refractivity contribution in [3.8, 4) is 0 Å². The Bertz CT molecular complexity index is 428. The van der Waals surface area contributed by atoms with Gasteiger partial charge < -0.3 is 15.7 Å². The second-order valence-electron chi connectivity index (χ2n) is 5.77. The number of hydrogen-bond donors (Lipinski definition) is 3. The molecule has 7 heteroatoms. The monoisotopic (exact) mass is 283 g/mol. The molecule has 7 nitrogen and oxygen atoms in total. The Morgan fingerprint density at radius 1 is 1.50 bits per heavy atom. The third-order valence-corrected chi connectivity index (χ3v) is 3.10. The van der Waals surface area contributed by atoms with E-state index in [1.165, 1.54) is 6.33 Å². The minimum Gasteiger partial charge on any atom is -0.388 e. The first-order valence-corrected chi connectivity index (χ1v) is 6.87. The predicted molar refractivity (Wildman–Crippen MR) is 75.9 cm³/mol. The quantitative estimate of drug-likeness (QED) is 0.690. The van der Waals surface area contributed by atoms with Crippen LogP contribution in [0.5, 0.6) is 0 Å². The Balaban J connectivity index is 2.27. The van der Waals surface area contributed by atoms with E-state index in [1.807, 2.05) is 0 Å². The SMILES string of the molecule is CC(C)CCC(C)(O)CNC(=O)NCc1ncnn1C. The van der Waals surface area contributed by atoms with Crippen LogP contribution in [0, 0.1) is 5.92 Å². The molecule has 1 atom stereocenters. The number of aryl methyl sites for hydroxylation is 1. The highest BCUT2D eigenvalue weighted by atomic mass is 16.3. The van der Waals surface area contributed by atoms with Gasteiger partial charge in [0.1, 0.15) is 12.2 Å². The second kappa shape index (κ2) is 7.23. The predicted octanol–water partition coefficient (Wildman–Crippen LogP) is 0.801. The molecular weight excluding hydrogens is 258 g/mol. The molecule has 1 unspecified atom stereocenters. The van der Waals surface area contributed by atoms with E-state index < -0.39 is 5.60 Å². The number of carbonyl (C=O) groups is 1. The topological polar surface area (TPSA) is 92.1 Å². The molecule has 0 bridgehead atoms. The van der Waals surface area contributed by atoms with Gasteiger partial charge in [-0.15, -0.1) is 0 Å². The molecule has 0 aromatic carbocycles. The molecule has 0 saturated carbocycles. The van der Waals surface area contributed by atoms with Crippen molar-refractivity contribution in [2.24, 2.45) is 13.0 Å². The molecule has 1 aromatic rings. The molecule has 0 aliphatic heterocycles. The molecular formula is C13H25N5O2. The van der Waals surface area contributed by atoms with Crippen LogP contribution < -0.4 is 10.6 Å². The number of nitrogens with zero attached hydrogens (tertiary/aromatic N) is 3. The standard InChI is InChI=1S/C13H25N5O2/c1-10(2)5-6-13(3,20)8-15-12(19)14-7-11-16-9-17-18(11)4/h9-10,20H,5-8H2,1-4H3,(H2,14,15,19). The first-order chi connectivity index (χ1) is 9.30. The van der Waals surface area contributed by atoms with Gasteiger partial charge in [-0.05, 0) is 25.7 Å². The van der Waals surface area contributed by atoms with E-state index in [4.69, 9.17) is 0 Å². The van der Waals surface area contributed by atoms with Crippen LogP contribution in [0.3, 0.4) is 0 Å². The van der Waals surface area contributed by atoms with Gasteiger partial charge in [-0.25, -0.2) is 9.78 Å². The summed E-state index contributed by atoms with van der Waals surface area (Å²) in [6, 6.07) is -0.321. The summed E-state index contributed by atoms with van der Waals surface area (Å²) in [6.45, 7) is 6.48. The van der Waals surface area contributed by atoms with Gasteiger partial charge in [-0.2, -0.15) is 5.10 Å². The molecule has 1 aromatic heterocycles. The van der Waals surface area contributed by atoms with Crippen LogP contribution in [0.4, 0.5) is 4.79 Å². The van der Waals surface area contributed by atoms with E-state index in [0.29, 0.717) is 24.7 Å². The zero-order chi connectivity index (χ0) is 15.2. The average Bonchev–Trinajstić information content (AvgIpc) is 2.77. The van der Waals surface area contributed by atoms with Gasteiger partial charge in [0.2, 0.25) is 0 Å². The average molecular weight is 283 g/mol. The number of urea groups is 1. The van der Waals surface area contributed by atoms with Crippen LogP contribution in [0.15, 0.2) is 6.33 Å². The number of aliphatic hydroxyl groups is 1. The van der Waals surface area contributed by atoms with Crippen LogP contribution in [0.1, 0.15) is 39.4 Å². The number of rotatable bonds is 7. The maximum absolute atomic E-state index is 11.6. The van der Waals surface area contributed by atoms with Crippen molar-refractivity contribution in [2.75, 3.05) is 6.54 Å². The lowest BCUT2D eigenvalue weighted by Gasteiger charge is -2.24. The van der Waals surface area contributed by atoms with Crippen molar-refractivity contribution in [3.63, 3.8) is 0 Å². The van der Waals surface area contributed by atoms with Crippen molar-refractivity contribution >= 4 is 6.03 Å². The van der Waals surface area contributed by atoms with E-state index in [1.54, 1.807) is 18.7 Å². The van der Waals surface area contributed by atoms with Gasteiger partial charge in [0, 0.05) is 13.6 Å². The highest BCUT2D eigenvalue weighted by molar-refractivity contribution is 5.73. The maximum atomic E-state index is 11.6. The minimum atomic E-state index is -0.883. The normalized spacial score (nSPS) is 14.1. The maximum Gasteiger partial charge on any atom is 0.315 e. The summed E-state index contributed by atoms with van der Waals surface area (Å²) in [5.74, 6) is 1.21. The summed E-state index contributed by atoms with van der Waals surface area (Å²) in [7, 11) is 1.76. The van der Waals surface area contributed by atoms with Crippen molar-refractivity contribution < 1.29 is 9.90 Å². The van der Waals surface area contributed by atoms with E-state index in [0.717, 1.165) is 6.42 Å². The van der Waals surface area contributed by atoms with Crippen LogP contribution >= 0.6 is 0 Å². The number of hydrogen-bond acceptors (Lipinski definition) is 4. The summed E-state index contributed by atoms with van der Waals surface area (Å²) in [5.41, 5.74) is -0.883. The van der Waals surface area contributed by atoms with E-state index in [-0.39, 0.29) is 12.6 Å². The zero-order valence-corrected chi connectivity index (χ0v) is 12.7. The minimum absolute atomic E-state index is 0.227. The molecule has 3 N–H and O–H groups in total. The molecule has 0 radical (unpaired) electrons. The largest absolute Gasteiger partial charge is 0.388 e. The van der Waals surface area contributed by atoms with Gasteiger partial charge >= 0.3 is 6.03 Å². The Labute approximate surface area is 119 Å². The number of aromatic nitrogens is 3. The molecule has 1 heterocycles. The third-order valence-electron chi connectivity index (χ3n) is 3.10. The number of carbonyl (C=O) groups excluding carboxylic acids is 1. The summed E-state index contributed by atoms with van der Waals surface area (Å²) >= 11 is 0. The zero-order valence-electron chi connectivity index (χ0n) is 12.7. The lowest BCUT2D eigenvalue weighted by atomic mass is 9.95. The summed E-state index contributed by atoms with van der Waals surface area (Å²) < 4.78 is 1.60. The van der Waals surface area contributed by atoms with Crippen molar-refractivity contribution in [3.05, 3.63) is 12.2 Å². The smallest absolute Gasteiger partial charge is 0.315 e. The van der Waals surface area contributed by atoms with Crippen LogP contribution in [-0.4, -0.2) is 38.0 Å². The molecule has 20 heavy (non-hydrogen) atoms. The van der Waals surface area contributed by atoms with Gasteiger partial charge in [-0.1, -0.05) is 13.8 Å². The van der Waals surface area contributed by atoms with Crippen molar-refractivity contribution in [1.82, 2.24) is 25.4 Å². The highest BCUT2D eigenvalue weighted by Gasteiger charge is 2.21. The first-order valence-electron chi connectivity index (χ1n) is 6.87. The van der Waals surface area contributed by atoms with Crippen molar-refractivity contribution in [2.45, 2.75) is 45.8 Å². The van der Waals surface area contributed by atoms with E-state index in [2.05, 4.69) is 34.6 Å². The Morgan fingerprint density at radius 2 is 2.20 bits per heavy atom. The van der Waals surface area contributed by atoms with Crippen LogP contribution in [0.25, 0.3) is 0 Å². The fourth-order valence-corrected chi connectivity index (χ4v) is 1.66. The van der Waals surface area contributed by atoms with E-state index >= 15 is 0 Å². The lowest BCUT2D eigenvalue weighted by Crippen LogP contribution is -2.44. The Morgan fingerprint density at radius 3 is 2.75 bits per heavy atom. The molecule has 0 fully saturated rings. The van der Waals surface area contributed by atoms with Crippen LogP contribution in [0.2, 0.25) is 0 Å². The van der Waals surface area contributed by atoms with Crippen molar-refractivity contribution in [1.29, 1.82) is 0 Å². The fraction of sp³-hybridized carbons (Fsp3) is 0.769. The second-order valence-corrected chi connectivity index (χ2v) is 5.77. The van der Waals surface area contributed by atoms with Crippen LogP contribution in [-0.2, 0) is 13.6 Å². The number of nitrogens with one attached hydrogen (secondary N) is 2. The fourth-order valence-electron chi connectivity index (χ4n) is 1.66.